The molecule has 3 N–H and O–H groups in total. The maximum Gasteiger partial charge on any atom is 0.317 e. The number of aliphatic carboxylic acids is 2. The van der Waals surface area contributed by atoms with Gasteiger partial charge in [-0.05, 0) is 0 Å². The molecular formula is C12H24N2O6. The van der Waals surface area contributed by atoms with Gasteiger partial charge in [0.1, 0.15) is 6.54 Å². The van der Waals surface area contributed by atoms with Gasteiger partial charge in [0.25, 0.3) is 0 Å². The van der Waals surface area contributed by atoms with Gasteiger partial charge < -0.3 is 30.0 Å². The van der Waals surface area contributed by atoms with Crippen molar-refractivity contribution in [2.75, 3.05) is 34.2 Å². The molecule has 0 saturated heterocycles. The number of nitrogens with zero attached hydrogens (tertiary/aromatic N) is 1. The molecule has 0 aromatic carbocycles. The van der Waals surface area contributed by atoms with Crippen molar-refractivity contribution in [2.24, 2.45) is 5.73 Å². The summed E-state index contributed by atoms with van der Waals surface area (Å²) in [4.78, 5) is 30.7. The monoisotopic (exact) mass is 292 g/mol. The van der Waals surface area contributed by atoms with E-state index in [1.54, 1.807) is 6.92 Å². The Morgan fingerprint density at radius 1 is 1.30 bits per heavy atom. The van der Waals surface area contributed by atoms with Crippen LogP contribution in [0.3, 0.4) is 0 Å². The number of carboxylic acids is 2. The normalized spacial score (nSPS) is 11.8. The zero-order chi connectivity index (χ0) is 16.3. The van der Waals surface area contributed by atoms with Crippen molar-refractivity contribution in [1.29, 1.82) is 0 Å². The number of carboxylic acid groups (broad SMARTS) is 2. The summed E-state index contributed by atoms with van der Waals surface area (Å²) in [5.74, 6) is -2.54. The fourth-order valence-corrected chi connectivity index (χ4v) is 1.21. The number of nitrogens with two attached hydrogens (primary N) is 1. The summed E-state index contributed by atoms with van der Waals surface area (Å²) in [6.07, 6.45) is -0.607. The van der Waals surface area contributed by atoms with Gasteiger partial charge in [0.15, 0.2) is 6.10 Å². The van der Waals surface area contributed by atoms with Crippen molar-refractivity contribution in [3.8, 4) is 0 Å². The van der Waals surface area contributed by atoms with E-state index < -0.39 is 18.0 Å². The highest BCUT2D eigenvalue weighted by molar-refractivity contribution is 5.70. The Morgan fingerprint density at radius 2 is 1.75 bits per heavy atom. The molecule has 8 heteroatoms. The van der Waals surface area contributed by atoms with Gasteiger partial charge in [-0.25, -0.2) is 0 Å². The van der Waals surface area contributed by atoms with Crippen LogP contribution in [0.25, 0.3) is 0 Å². The topological polar surface area (TPSA) is 130 Å². The second-order valence-electron chi connectivity index (χ2n) is 5.11. The first-order chi connectivity index (χ1) is 9.01. The molecule has 0 rings (SSSR count). The fourth-order valence-electron chi connectivity index (χ4n) is 1.21. The minimum atomic E-state index is -1.20. The van der Waals surface area contributed by atoms with Gasteiger partial charge in [0.05, 0.1) is 27.7 Å². The first-order valence-corrected chi connectivity index (χ1v) is 6.13. The number of carbonyl (C=O) groups is 3. The molecule has 0 heterocycles. The Hall–Kier alpha value is -1.67. The van der Waals surface area contributed by atoms with E-state index in [-0.39, 0.29) is 25.4 Å². The number of hydrogen-bond acceptors (Lipinski definition) is 6. The Morgan fingerprint density at radius 3 is 2.00 bits per heavy atom. The first kappa shape index (κ1) is 20.6. The number of ether oxygens (including phenoxy) is 1. The molecule has 118 valence electrons. The minimum Gasteiger partial charge on any atom is -0.550 e. The van der Waals surface area contributed by atoms with E-state index in [4.69, 9.17) is 9.84 Å². The predicted molar refractivity (Wildman–Crippen MR) is 69.4 cm³/mol. The van der Waals surface area contributed by atoms with Crippen LogP contribution in [0.15, 0.2) is 0 Å². The van der Waals surface area contributed by atoms with Crippen LogP contribution in [0.2, 0.25) is 0 Å². The van der Waals surface area contributed by atoms with Crippen LogP contribution in [-0.2, 0) is 19.1 Å². The van der Waals surface area contributed by atoms with Gasteiger partial charge in [-0.2, -0.15) is 0 Å². The molecule has 0 spiro atoms. The maximum absolute atomic E-state index is 11.0. The zero-order valence-electron chi connectivity index (χ0n) is 12.4. The molecule has 0 aliphatic rings. The van der Waals surface area contributed by atoms with Gasteiger partial charge in [-0.1, -0.05) is 6.92 Å². The summed E-state index contributed by atoms with van der Waals surface area (Å²) in [6.45, 7) is 1.85. The van der Waals surface area contributed by atoms with E-state index in [2.05, 4.69) is 5.73 Å². The van der Waals surface area contributed by atoms with E-state index >= 15 is 0 Å². The van der Waals surface area contributed by atoms with E-state index in [0.29, 0.717) is 11.0 Å². The highest BCUT2D eigenvalue weighted by Gasteiger charge is 2.21. The predicted octanol–water partition coefficient (Wildman–Crippen LogP) is -1.82. The molecule has 0 aromatic heterocycles. The van der Waals surface area contributed by atoms with Crippen LogP contribution < -0.4 is 10.8 Å². The van der Waals surface area contributed by atoms with Crippen molar-refractivity contribution in [3.63, 3.8) is 0 Å². The minimum absolute atomic E-state index is 0.249. The molecule has 20 heavy (non-hydrogen) atoms. The summed E-state index contributed by atoms with van der Waals surface area (Å²) in [6, 6.07) is 0. The molecule has 0 radical (unpaired) electrons. The third-order valence-electron chi connectivity index (χ3n) is 1.91. The fraction of sp³-hybridized carbons (Fsp3) is 0.750. The first-order valence-electron chi connectivity index (χ1n) is 6.13. The summed E-state index contributed by atoms with van der Waals surface area (Å²) in [7, 11) is 5.71. The van der Waals surface area contributed by atoms with Gasteiger partial charge in [0.2, 0.25) is 0 Å². The van der Waals surface area contributed by atoms with Gasteiger partial charge in [-0.15, -0.1) is 0 Å². The van der Waals surface area contributed by atoms with Crippen molar-refractivity contribution < 1.29 is 33.8 Å². The molecule has 0 aliphatic carbocycles. The van der Waals surface area contributed by atoms with Gasteiger partial charge in [-0.3, -0.25) is 9.59 Å². The van der Waals surface area contributed by atoms with Gasteiger partial charge in [0, 0.05) is 18.8 Å². The van der Waals surface area contributed by atoms with Crippen molar-refractivity contribution in [1.82, 2.24) is 0 Å². The Labute approximate surface area is 118 Å². The molecule has 8 nitrogen and oxygen atoms in total. The molecule has 0 saturated carbocycles. The second kappa shape index (κ2) is 10.2. The molecule has 0 fully saturated rings. The summed E-state index contributed by atoms with van der Waals surface area (Å²) < 4.78 is 5.55. The lowest BCUT2D eigenvalue weighted by atomic mass is 10.2. The third kappa shape index (κ3) is 16.3. The van der Waals surface area contributed by atoms with E-state index in [1.807, 2.05) is 21.1 Å². The van der Waals surface area contributed by atoms with Crippen molar-refractivity contribution in [3.05, 3.63) is 0 Å². The molecule has 0 unspecified atom stereocenters. The van der Waals surface area contributed by atoms with E-state index in [9.17, 15) is 19.5 Å². The summed E-state index contributed by atoms with van der Waals surface area (Å²) >= 11 is 0. The largest absolute Gasteiger partial charge is 0.550 e. The SMILES string of the molecule is CCC(=O)O[C@H](CC(=O)[O-])C[N+](C)(C)C.NCC(=O)O. The molecule has 1 atom stereocenters. The number of rotatable bonds is 7. The van der Waals surface area contributed by atoms with Crippen molar-refractivity contribution >= 4 is 17.9 Å². The Bertz CT molecular complexity index is 324. The Kier molecular flexibility index (Phi) is 10.5. The standard InChI is InChI=1S/C10H19NO4.C2H5NO2/c1-5-10(14)15-8(6-9(12)13)7-11(2,3)4;3-1-2(4)5/h8H,5-7H2,1-4H3;1,3H2,(H,4,5)/t8-;/m1./s1. The van der Waals surface area contributed by atoms with Crippen LogP contribution in [-0.4, -0.2) is 67.8 Å². The van der Waals surface area contributed by atoms with E-state index in [1.165, 1.54) is 0 Å². The lowest BCUT2D eigenvalue weighted by Crippen LogP contribution is -2.45. The van der Waals surface area contributed by atoms with E-state index in [0.717, 1.165) is 0 Å². The van der Waals surface area contributed by atoms with Crippen LogP contribution in [0, 0.1) is 0 Å². The van der Waals surface area contributed by atoms with Crippen LogP contribution in [0.5, 0.6) is 0 Å². The zero-order valence-corrected chi connectivity index (χ0v) is 12.4. The average molecular weight is 292 g/mol. The van der Waals surface area contributed by atoms with Crippen LogP contribution in [0.1, 0.15) is 19.8 Å². The highest BCUT2D eigenvalue weighted by atomic mass is 16.5. The molecule has 0 amide bonds. The summed E-state index contributed by atoms with van der Waals surface area (Å²) in [5, 5.41) is 18.1. The molecule has 0 aromatic rings. The van der Waals surface area contributed by atoms with Crippen molar-refractivity contribution in [2.45, 2.75) is 25.9 Å². The number of likely N-dealkylation sites (N-methyl/N-ethyl adjacent to an activating group) is 1. The molecule has 0 aliphatic heterocycles. The smallest absolute Gasteiger partial charge is 0.317 e. The third-order valence-corrected chi connectivity index (χ3v) is 1.91. The maximum atomic E-state index is 11.0. The number of esters is 1. The highest BCUT2D eigenvalue weighted by Crippen LogP contribution is 2.05. The number of hydrogen-bond donors (Lipinski definition) is 2. The van der Waals surface area contributed by atoms with Gasteiger partial charge >= 0.3 is 11.9 Å². The number of quaternary nitrogens is 1. The Balaban J connectivity index is 0. The molecule has 0 bridgehead atoms. The molecular weight excluding hydrogens is 268 g/mol. The lowest BCUT2D eigenvalue weighted by molar-refractivity contribution is -0.873. The average Bonchev–Trinajstić information content (AvgIpc) is 2.26. The lowest BCUT2D eigenvalue weighted by Gasteiger charge is -2.29. The van der Waals surface area contributed by atoms with Crippen LogP contribution in [0.4, 0.5) is 0 Å². The van der Waals surface area contributed by atoms with Crippen LogP contribution >= 0.6 is 0 Å². The number of carbonyl (C=O) groups excluding carboxylic acids is 2. The summed E-state index contributed by atoms with van der Waals surface area (Å²) in [5.41, 5.74) is 4.57. The quantitative estimate of drug-likeness (QED) is 0.417. The second-order valence-corrected chi connectivity index (χ2v) is 5.11.